The number of nitrogens with zero attached hydrogens (tertiary/aromatic N) is 1. The Morgan fingerprint density at radius 2 is 2.00 bits per heavy atom. The van der Waals surface area contributed by atoms with Crippen LogP contribution in [0.3, 0.4) is 0 Å². The highest BCUT2D eigenvalue weighted by molar-refractivity contribution is 5.79. The lowest BCUT2D eigenvalue weighted by Crippen LogP contribution is -2.38. The number of carbonyl (C=O) groups is 1. The highest BCUT2D eigenvalue weighted by Crippen LogP contribution is 2.15. The standard InChI is InChI=1S/C16H18F2N2O3/c1-11(20-6-2-3-7-20)16(22)19-9-12(21)10-23-13-4-5-14(17)15(18)8-13/h2-8,11-12,21H,9-10H2,1H3,(H,19,22). The summed E-state index contributed by atoms with van der Waals surface area (Å²) in [4.78, 5) is 11.9. The number of ether oxygens (including phenoxy) is 1. The molecule has 23 heavy (non-hydrogen) atoms. The van der Waals surface area contributed by atoms with Gasteiger partial charge in [0.25, 0.3) is 0 Å². The number of hydrogen-bond acceptors (Lipinski definition) is 3. The molecule has 1 aromatic carbocycles. The second kappa shape index (κ2) is 7.73. The monoisotopic (exact) mass is 324 g/mol. The number of halogens is 2. The average Bonchev–Trinajstić information content (AvgIpc) is 3.07. The number of hydrogen-bond donors (Lipinski definition) is 2. The molecule has 2 N–H and O–H groups in total. The van der Waals surface area contributed by atoms with Crippen molar-refractivity contribution >= 4 is 5.91 Å². The van der Waals surface area contributed by atoms with Crippen molar-refractivity contribution in [2.75, 3.05) is 13.2 Å². The summed E-state index contributed by atoms with van der Waals surface area (Å²) in [6.07, 6.45) is 2.57. The third kappa shape index (κ3) is 4.79. The zero-order valence-corrected chi connectivity index (χ0v) is 12.6. The second-order valence-electron chi connectivity index (χ2n) is 5.09. The van der Waals surface area contributed by atoms with Crippen molar-refractivity contribution in [1.29, 1.82) is 0 Å². The van der Waals surface area contributed by atoms with E-state index in [9.17, 15) is 18.7 Å². The van der Waals surface area contributed by atoms with Gasteiger partial charge in [0.1, 0.15) is 24.5 Å². The van der Waals surface area contributed by atoms with Gasteiger partial charge in [-0.05, 0) is 31.2 Å². The summed E-state index contributed by atoms with van der Waals surface area (Å²) in [7, 11) is 0. The number of carbonyl (C=O) groups excluding carboxylic acids is 1. The smallest absolute Gasteiger partial charge is 0.242 e. The van der Waals surface area contributed by atoms with Crippen LogP contribution in [0, 0.1) is 11.6 Å². The van der Waals surface area contributed by atoms with Gasteiger partial charge in [0.05, 0.1) is 0 Å². The van der Waals surface area contributed by atoms with E-state index in [1.54, 1.807) is 23.9 Å². The molecule has 0 fully saturated rings. The van der Waals surface area contributed by atoms with Gasteiger partial charge in [-0.2, -0.15) is 0 Å². The number of benzene rings is 1. The minimum atomic E-state index is -1.02. The number of amides is 1. The summed E-state index contributed by atoms with van der Waals surface area (Å²) in [6.45, 7) is 1.58. The van der Waals surface area contributed by atoms with E-state index >= 15 is 0 Å². The Hall–Kier alpha value is -2.41. The fourth-order valence-corrected chi connectivity index (χ4v) is 1.93. The van der Waals surface area contributed by atoms with Crippen LogP contribution in [0.4, 0.5) is 8.78 Å². The maximum Gasteiger partial charge on any atom is 0.242 e. The van der Waals surface area contributed by atoms with Crippen LogP contribution in [0.2, 0.25) is 0 Å². The summed E-state index contributed by atoms with van der Waals surface area (Å²) >= 11 is 0. The predicted octanol–water partition coefficient (Wildman–Crippen LogP) is 1.88. The lowest BCUT2D eigenvalue weighted by Gasteiger charge is -2.17. The Balaban J connectivity index is 1.75. The average molecular weight is 324 g/mol. The van der Waals surface area contributed by atoms with E-state index in [-0.39, 0.29) is 24.8 Å². The van der Waals surface area contributed by atoms with Gasteiger partial charge < -0.3 is 19.7 Å². The fourth-order valence-electron chi connectivity index (χ4n) is 1.93. The zero-order chi connectivity index (χ0) is 16.8. The minimum absolute atomic E-state index is 0.00583. The summed E-state index contributed by atoms with van der Waals surface area (Å²) in [5.74, 6) is -2.13. The van der Waals surface area contributed by atoms with E-state index in [1.165, 1.54) is 6.07 Å². The van der Waals surface area contributed by atoms with Crippen LogP contribution in [0.5, 0.6) is 5.75 Å². The summed E-state index contributed by atoms with van der Waals surface area (Å²) in [5.41, 5.74) is 0. The predicted molar refractivity (Wildman–Crippen MR) is 80.0 cm³/mol. The number of nitrogens with one attached hydrogen (secondary N) is 1. The highest BCUT2D eigenvalue weighted by atomic mass is 19.2. The molecule has 0 bridgehead atoms. The number of aliphatic hydroxyl groups is 1. The molecule has 1 amide bonds. The van der Waals surface area contributed by atoms with Gasteiger partial charge in [-0.25, -0.2) is 8.78 Å². The van der Waals surface area contributed by atoms with Gasteiger partial charge in [0.15, 0.2) is 11.6 Å². The summed E-state index contributed by atoms with van der Waals surface area (Å²) in [5, 5.41) is 12.4. The highest BCUT2D eigenvalue weighted by Gasteiger charge is 2.15. The van der Waals surface area contributed by atoms with Gasteiger partial charge in [0, 0.05) is 25.0 Å². The lowest BCUT2D eigenvalue weighted by molar-refractivity contribution is -0.124. The Bertz CT molecular complexity index is 647. The molecule has 0 spiro atoms. The van der Waals surface area contributed by atoms with E-state index in [0.29, 0.717) is 0 Å². The molecule has 124 valence electrons. The van der Waals surface area contributed by atoms with E-state index in [4.69, 9.17) is 4.74 Å². The van der Waals surface area contributed by atoms with Crippen LogP contribution in [-0.2, 0) is 4.79 Å². The van der Waals surface area contributed by atoms with Crippen molar-refractivity contribution in [2.24, 2.45) is 0 Å². The molecular weight excluding hydrogens is 306 g/mol. The molecule has 5 nitrogen and oxygen atoms in total. The summed E-state index contributed by atoms with van der Waals surface area (Å²) in [6, 6.07) is 6.33. The second-order valence-corrected chi connectivity index (χ2v) is 5.09. The van der Waals surface area contributed by atoms with Crippen molar-refractivity contribution in [1.82, 2.24) is 9.88 Å². The van der Waals surface area contributed by atoms with Crippen molar-refractivity contribution in [3.63, 3.8) is 0 Å². The molecule has 2 unspecified atom stereocenters. The topological polar surface area (TPSA) is 63.5 Å². The quantitative estimate of drug-likeness (QED) is 0.817. The van der Waals surface area contributed by atoms with Crippen molar-refractivity contribution < 1.29 is 23.4 Å². The van der Waals surface area contributed by atoms with Gasteiger partial charge in [-0.1, -0.05) is 0 Å². The van der Waals surface area contributed by atoms with E-state index in [1.807, 2.05) is 12.1 Å². The van der Waals surface area contributed by atoms with E-state index < -0.39 is 23.8 Å². The van der Waals surface area contributed by atoms with Crippen molar-refractivity contribution in [3.8, 4) is 5.75 Å². The molecule has 1 heterocycles. The van der Waals surface area contributed by atoms with Gasteiger partial charge >= 0.3 is 0 Å². The summed E-state index contributed by atoms with van der Waals surface area (Å²) < 4.78 is 32.7. The molecule has 2 aromatic rings. The Labute approximate surface area is 132 Å². The minimum Gasteiger partial charge on any atom is -0.491 e. The third-order valence-corrected chi connectivity index (χ3v) is 3.30. The molecule has 0 aliphatic carbocycles. The van der Waals surface area contributed by atoms with Crippen LogP contribution < -0.4 is 10.1 Å². The Morgan fingerprint density at radius 3 is 2.65 bits per heavy atom. The zero-order valence-electron chi connectivity index (χ0n) is 12.6. The Morgan fingerprint density at radius 1 is 1.30 bits per heavy atom. The molecule has 2 atom stereocenters. The first-order valence-electron chi connectivity index (χ1n) is 7.13. The van der Waals surface area contributed by atoms with Crippen LogP contribution >= 0.6 is 0 Å². The molecule has 0 aliphatic rings. The molecular formula is C16H18F2N2O3. The maximum atomic E-state index is 13.0. The molecule has 0 saturated carbocycles. The largest absolute Gasteiger partial charge is 0.491 e. The molecule has 2 rings (SSSR count). The van der Waals surface area contributed by atoms with E-state index in [0.717, 1.165) is 12.1 Å². The molecule has 7 heteroatoms. The fraction of sp³-hybridized carbons (Fsp3) is 0.312. The van der Waals surface area contributed by atoms with Crippen LogP contribution in [-0.4, -0.2) is 34.8 Å². The molecule has 0 saturated heterocycles. The van der Waals surface area contributed by atoms with Gasteiger partial charge in [0.2, 0.25) is 5.91 Å². The first kappa shape index (κ1) is 17.0. The number of aromatic nitrogens is 1. The van der Waals surface area contributed by atoms with Crippen molar-refractivity contribution in [3.05, 3.63) is 54.4 Å². The first-order chi connectivity index (χ1) is 11.0. The third-order valence-electron chi connectivity index (χ3n) is 3.30. The Kier molecular flexibility index (Phi) is 5.70. The van der Waals surface area contributed by atoms with Gasteiger partial charge in [-0.3, -0.25) is 4.79 Å². The van der Waals surface area contributed by atoms with Gasteiger partial charge in [-0.15, -0.1) is 0 Å². The molecule has 1 aromatic heterocycles. The first-order valence-corrected chi connectivity index (χ1v) is 7.13. The maximum absolute atomic E-state index is 13.0. The van der Waals surface area contributed by atoms with Crippen LogP contribution in [0.1, 0.15) is 13.0 Å². The SMILES string of the molecule is CC(C(=O)NCC(O)COc1ccc(F)c(F)c1)n1cccc1. The van der Waals surface area contributed by atoms with E-state index in [2.05, 4.69) is 5.32 Å². The normalized spacial score (nSPS) is 13.4. The molecule has 0 radical (unpaired) electrons. The molecule has 0 aliphatic heterocycles. The number of rotatable bonds is 7. The van der Waals surface area contributed by atoms with Crippen molar-refractivity contribution in [2.45, 2.75) is 19.1 Å². The lowest BCUT2D eigenvalue weighted by atomic mass is 10.3. The van der Waals surface area contributed by atoms with Crippen LogP contribution in [0.15, 0.2) is 42.7 Å². The van der Waals surface area contributed by atoms with Crippen LogP contribution in [0.25, 0.3) is 0 Å². The number of aliphatic hydroxyl groups excluding tert-OH is 1.